The lowest BCUT2D eigenvalue weighted by atomic mass is 9.77. The van der Waals surface area contributed by atoms with Crippen molar-refractivity contribution < 1.29 is 40.6 Å². The highest BCUT2D eigenvalue weighted by atomic mass is 19.3. The number of aliphatic hydroxyl groups is 1. The fourth-order valence-corrected chi connectivity index (χ4v) is 3.58. The molecule has 0 radical (unpaired) electrons. The summed E-state index contributed by atoms with van der Waals surface area (Å²) >= 11 is 0. The molecule has 0 aromatic heterocycles. The molecule has 1 fully saturated rings. The quantitative estimate of drug-likeness (QED) is 0.519. The molecule has 0 saturated heterocycles. The van der Waals surface area contributed by atoms with Crippen LogP contribution >= 0.6 is 0 Å². The Labute approximate surface area is 167 Å². The number of rotatable bonds is 5. The summed E-state index contributed by atoms with van der Waals surface area (Å²) in [4.78, 5) is 0. The minimum absolute atomic E-state index is 0.119. The van der Waals surface area contributed by atoms with Gasteiger partial charge in [-0.1, -0.05) is 0 Å². The van der Waals surface area contributed by atoms with Crippen LogP contribution in [0.25, 0.3) is 0 Å². The molecule has 2 aromatic carbocycles. The topological polar surface area (TPSA) is 41.5 Å². The molecule has 1 aliphatic rings. The lowest BCUT2D eigenvalue weighted by Crippen LogP contribution is -2.38. The van der Waals surface area contributed by atoms with E-state index in [1.807, 2.05) is 0 Å². The third-order valence-corrected chi connectivity index (χ3v) is 5.29. The van der Waals surface area contributed by atoms with Gasteiger partial charge in [-0.3, -0.25) is 0 Å². The van der Waals surface area contributed by atoms with Crippen molar-refractivity contribution in [3.63, 3.8) is 0 Å². The Morgan fingerprint density at radius 3 is 1.90 bits per heavy atom. The zero-order valence-electron chi connectivity index (χ0n) is 15.7. The van der Waals surface area contributed by atoms with Crippen molar-refractivity contribution >= 4 is 0 Å². The van der Waals surface area contributed by atoms with Crippen molar-refractivity contribution in [1.82, 2.24) is 5.32 Å². The Hall–Kier alpha value is -2.33. The largest absolute Gasteiger partial charge is 0.432 e. The van der Waals surface area contributed by atoms with Crippen LogP contribution in [0.2, 0.25) is 0 Å². The molecule has 1 saturated carbocycles. The van der Waals surface area contributed by atoms with Crippen molar-refractivity contribution in [1.29, 1.82) is 0 Å². The number of benzene rings is 2. The van der Waals surface area contributed by atoms with Crippen molar-refractivity contribution in [2.45, 2.75) is 43.4 Å². The zero-order valence-corrected chi connectivity index (χ0v) is 15.7. The lowest BCUT2D eigenvalue weighted by Gasteiger charge is -2.36. The van der Waals surface area contributed by atoms with Gasteiger partial charge < -0.3 is 15.2 Å². The van der Waals surface area contributed by atoms with Crippen LogP contribution in [0.15, 0.2) is 24.3 Å². The Morgan fingerprint density at radius 2 is 1.43 bits per heavy atom. The van der Waals surface area contributed by atoms with Crippen LogP contribution in [0.4, 0.5) is 30.7 Å². The third-order valence-electron chi connectivity index (χ3n) is 5.29. The first-order valence-electron chi connectivity index (χ1n) is 9.08. The average molecular weight is 437 g/mol. The van der Waals surface area contributed by atoms with E-state index in [1.165, 1.54) is 0 Å². The van der Waals surface area contributed by atoms with Crippen molar-refractivity contribution in [3.8, 4) is 5.75 Å². The number of halogens is 7. The predicted octanol–water partition coefficient (Wildman–Crippen LogP) is 4.86. The SMILES string of the molecule is CNC1CCC(O)(c2cc(F)c(C(F)(F)Oc3cc(F)c(F)c(F)c3)c(F)c2)CC1. The molecule has 0 unspecified atom stereocenters. The summed E-state index contributed by atoms with van der Waals surface area (Å²) in [6.07, 6.45) is -3.32. The monoisotopic (exact) mass is 437 g/mol. The summed E-state index contributed by atoms with van der Waals surface area (Å²) in [6.45, 7) is 0. The van der Waals surface area contributed by atoms with Gasteiger partial charge >= 0.3 is 6.11 Å². The van der Waals surface area contributed by atoms with Gasteiger partial charge in [-0.05, 0) is 50.4 Å². The van der Waals surface area contributed by atoms with Gasteiger partial charge in [0.2, 0.25) is 0 Å². The van der Waals surface area contributed by atoms with E-state index in [1.54, 1.807) is 7.05 Å². The molecule has 0 amide bonds. The minimum Gasteiger partial charge on any atom is -0.429 e. The number of nitrogens with one attached hydrogen (secondary N) is 1. The fraction of sp³-hybridized carbons (Fsp3) is 0.400. The van der Waals surface area contributed by atoms with Gasteiger partial charge in [0.1, 0.15) is 22.9 Å². The van der Waals surface area contributed by atoms with Crippen LogP contribution in [-0.2, 0) is 11.7 Å². The van der Waals surface area contributed by atoms with Gasteiger partial charge in [0.25, 0.3) is 0 Å². The molecular weight excluding hydrogens is 419 g/mol. The third kappa shape index (κ3) is 4.24. The van der Waals surface area contributed by atoms with E-state index in [0.717, 1.165) is 0 Å². The summed E-state index contributed by atoms with van der Waals surface area (Å²) in [7, 11) is 1.74. The van der Waals surface area contributed by atoms with E-state index in [0.29, 0.717) is 25.0 Å². The van der Waals surface area contributed by atoms with Crippen LogP contribution in [0.3, 0.4) is 0 Å². The Bertz CT molecular complexity index is 897. The molecular formula is C20H18F7NO2. The summed E-state index contributed by atoms with van der Waals surface area (Å²) < 4.78 is 101. The zero-order chi connectivity index (χ0) is 22.3. The van der Waals surface area contributed by atoms with E-state index >= 15 is 0 Å². The Balaban J connectivity index is 1.91. The summed E-state index contributed by atoms with van der Waals surface area (Å²) in [5, 5.41) is 13.7. The predicted molar refractivity (Wildman–Crippen MR) is 92.4 cm³/mol. The number of hydrogen-bond donors (Lipinski definition) is 2. The second kappa shape index (κ2) is 8.07. The Morgan fingerprint density at radius 1 is 0.933 bits per heavy atom. The highest BCUT2D eigenvalue weighted by molar-refractivity contribution is 5.34. The van der Waals surface area contributed by atoms with Gasteiger partial charge in [0.05, 0.1) is 5.60 Å². The van der Waals surface area contributed by atoms with Crippen molar-refractivity contribution in [2.75, 3.05) is 7.05 Å². The second-order valence-corrected chi connectivity index (χ2v) is 7.23. The highest BCUT2D eigenvalue weighted by Gasteiger charge is 2.43. The van der Waals surface area contributed by atoms with E-state index in [-0.39, 0.29) is 36.6 Å². The number of ether oxygens (including phenoxy) is 1. The molecule has 2 aromatic rings. The standard InChI is InChI=1S/C20H18F7NO2/c1-28-11-2-4-19(29,5-3-11)10-6-13(21)17(14(22)7-10)20(26,27)30-12-8-15(23)18(25)16(24)9-12/h6-9,11,28-29H,2-5H2,1H3. The molecule has 0 spiro atoms. The van der Waals surface area contributed by atoms with E-state index in [2.05, 4.69) is 10.1 Å². The minimum atomic E-state index is -4.67. The van der Waals surface area contributed by atoms with Gasteiger partial charge in [0.15, 0.2) is 17.5 Å². The summed E-state index contributed by atoms with van der Waals surface area (Å²) in [5.74, 6) is -10.1. The molecule has 0 heterocycles. The average Bonchev–Trinajstić information content (AvgIpc) is 2.65. The van der Waals surface area contributed by atoms with Gasteiger partial charge in [-0.15, -0.1) is 0 Å². The first kappa shape index (κ1) is 22.4. The molecule has 10 heteroatoms. The Kier molecular flexibility index (Phi) is 6.01. The van der Waals surface area contributed by atoms with Gasteiger partial charge in [-0.25, -0.2) is 22.0 Å². The first-order chi connectivity index (χ1) is 14.0. The summed E-state index contributed by atoms with van der Waals surface area (Å²) in [6, 6.07) is 1.54. The molecule has 1 aliphatic carbocycles. The molecule has 0 bridgehead atoms. The summed E-state index contributed by atoms with van der Waals surface area (Å²) in [5.41, 5.74) is -3.60. The maximum atomic E-state index is 14.5. The van der Waals surface area contributed by atoms with Crippen LogP contribution in [-0.4, -0.2) is 18.2 Å². The lowest BCUT2D eigenvalue weighted by molar-refractivity contribution is -0.189. The first-order valence-corrected chi connectivity index (χ1v) is 9.08. The molecule has 2 N–H and O–H groups in total. The second-order valence-electron chi connectivity index (χ2n) is 7.23. The molecule has 30 heavy (non-hydrogen) atoms. The molecule has 3 rings (SSSR count). The van der Waals surface area contributed by atoms with Crippen molar-refractivity contribution in [2.24, 2.45) is 0 Å². The van der Waals surface area contributed by atoms with E-state index in [4.69, 9.17) is 0 Å². The smallest absolute Gasteiger partial charge is 0.429 e. The maximum absolute atomic E-state index is 14.5. The van der Waals surface area contributed by atoms with E-state index in [9.17, 15) is 35.8 Å². The number of alkyl halides is 2. The van der Waals surface area contributed by atoms with Gasteiger partial charge in [0, 0.05) is 18.2 Å². The molecule has 3 nitrogen and oxygen atoms in total. The van der Waals surface area contributed by atoms with E-state index < -0.39 is 52.1 Å². The van der Waals surface area contributed by atoms with Crippen molar-refractivity contribution in [3.05, 3.63) is 64.5 Å². The van der Waals surface area contributed by atoms with Gasteiger partial charge in [-0.2, -0.15) is 8.78 Å². The van der Waals surface area contributed by atoms with Crippen LogP contribution < -0.4 is 10.1 Å². The maximum Gasteiger partial charge on any atom is 0.432 e. The highest BCUT2D eigenvalue weighted by Crippen LogP contribution is 2.41. The fourth-order valence-electron chi connectivity index (χ4n) is 3.58. The number of hydrogen-bond acceptors (Lipinski definition) is 3. The normalized spacial score (nSPS) is 22.2. The molecule has 0 aliphatic heterocycles. The van der Waals surface area contributed by atoms with Crippen LogP contribution in [0, 0.1) is 29.1 Å². The van der Waals surface area contributed by atoms with Crippen LogP contribution in [0.1, 0.15) is 36.8 Å². The molecule has 0 atom stereocenters. The van der Waals surface area contributed by atoms with Crippen LogP contribution in [0.5, 0.6) is 5.75 Å². The molecule has 164 valence electrons.